The van der Waals surface area contributed by atoms with Gasteiger partial charge in [0.2, 0.25) is 3.79 Å². The van der Waals surface area contributed by atoms with Crippen molar-refractivity contribution in [1.29, 1.82) is 0 Å². The molecule has 0 aromatic heterocycles. The molecule has 11 heteroatoms. The van der Waals surface area contributed by atoms with Crippen molar-refractivity contribution in [2.45, 2.75) is 19.8 Å². The molecule has 0 radical (unpaired) electrons. The van der Waals surface area contributed by atoms with Crippen LogP contribution in [0.15, 0.2) is 0 Å². The van der Waals surface area contributed by atoms with Crippen LogP contribution in [0.3, 0.4) is 0 Å². The van der Waals surface area contributed by atoms with Gasteiger partial charge in [-0.25, -0.2) is 0 Å². The van der Waals surface area contributed by atoms with E-state index in [1.54, 1.807) is 0 Å². The summed E-state index contributed by atoms with van der Waals surface area (Å²) in [4.78, 5) is 0. The van der Waals surface area contributed by atoms with E-state index in [0.717, 1.165) is 0 Å². The predicted molar refractivity (Wildman–Crippen MR) is 51.6 cm³/mol. The van der Waals surface area contributed by atoms with E-state index >= 15 is 0 Å². The lowest BCUT2D eigenvalue weighted by Crippen LogP contribution is -2.47. The molecule has 92 valence electrons. The molecule has 0 aromatic rings. The maximum Gasteiger partial charge on any atom is 0.437 e. The monoisotopic (exact) mass is 350 g/mol. The number of hydrogen-bond acceptors (Lipinski definition) is 1. The molecule has 0 aliphatic carbocycles. The molecule has 0 rings (SSSR count). The molecule has 1 nitrogen and oxygen atoms in total. The lowest BCUT2D eigenvalue weighted by molar-refractivity contribution is -0.330. The van der Waals surface area contributed by atoms with Crippen LogP contribution in [0.25, 0.3) is 0 Å². The van der Waals surface area contributed by atoms with E-state index < -0.39 is 19.8 Å². The summed E-state index contributed by atoms with van der Waals surface area (Å²) in [6, 6.07) is 0. The molecule has 0 saturated heterocycles. The first-order valence-electron chi connectivity index (χ1n) is 2.80. The number of ether oxygens (including phenoxy) is 1. The standard InChI is InChI=1S/C4Cl6F4O/c5-1(6,7)2(8,9)15-4(13,14)3(10,11)12. The topological polar surface area (TPSA) is 9.23 Å². The first-order chi connectivity index (χ1) is 6.21. The zero-order chi connectivity index (χ0) is 12.7. The zero-order valence-corrected chi connectivity index (χ0v) is 10.7. The summed E-state index contributed by atoms with van der Waals surface area (Å²) >= 11 is 29.0. The van der Waals surface area contributed by atoms with Crippen molar-refractivity contribution in [3.8, 4) is 0 Å². The van der Waals surface area contributed by atoms with Crippen molar-refractivity contribution in [3.05, 3.63) is 0 Å². The Morgan fingerprint density at radius 3 is 1.27 bits per heavy atom. The molecule has 0 unspecified atom stereocenters. The Bertz CT molecular complexity index is 208. The van der Waals surface area contributed by atoms with Gasteiger partial charge in [-0.15, -0.1) is 0 Å². The van der Waals surface area contributed by atoms with Gasteiger partial charge in [0, 0.05) is 0 Å². The number of hydrogen-bond donors (Lipinski definition) is 0. The van der Waals surface area contributed by atoms with E-state index in [0.29, 0.717) is 0 Å². The number of rotatable bonds is 3. The fourth-order valence-electron chi connectivity index (χ4n) is 0.277. The van der Waals surface area contributed by atoms with Gasteiger partial charge in [0.05, 0.1) is 0 Å². The van der Waals surface area contributed by atoms with Crippen molar-refractivity contribution in [1.82, 2.24) is 0 Å². The smallest absolute Gasteiger partial charge is 0.273 e. The molecule has 0 amide bonds. The number of halogens is 10. The second-order valence-corrected chi connectivity index (χ2v) is 6.15. The molecular weight excluding hydrogens is 353 g/mol. The first kappa shape index (κ1) is 16.4. The Kier molecular flexibility index (Phi) is 5.03. The quantitative estimate of drug-likeness (QED) is 0.517. The molecule has 0 aliphatic rings. The Labute approximate surface area is 111 Å². The largest absolute Gasteiger partial charge is 0.437 e. The van der Waals surface area contributed by atoms with Crippen LogP contribution in [0.2, 0.25) is 0 Å². The van der Waals surface area contributed by atoms with Crippen LogP contribution in [-0.2, 0) is 4.74 Å². The molecule has 15 heavy (non-hydrogen) atoms. The van der Waals surface area contributed by atoms with Crippen LogP contribution in [0.5, 0.6) is 0 Å². The minimum absolute atomic E-state index is 2.78. The summed E-state index contributed by atoms with van der Waals surface area (Å²) in [5.41, 5.74) is 0. The van der Waals surface area contributed by atoms with Gasteiger partial charge in [-0.1, -0.05) is 58.0 Å². The highest BCUT2D eigenvalue weighted by molar-refractivity contribution is 6.75. The molecule has 0 N–H and O–H groups in total. The summed E-state index contributed by atoms with van der Waals surface area (Å²) < 4.78 is 46.4. The highest BCUT2D eigenvalue weighted by Crippen LogP contribution is 2.52. The zero-order valence-electron chi connectivity index (χ0n) is 6.19. The van der Waals surface area contributed by atoms with Gasteiger partial charge in [-0.05, 0) is 11.6 Å². The average molecular weight is 353 g/mol. The minimum Gasteiger partial charge on any atom is -0.273 e. The van der Waals surface area contributed by atoms with Gasteiger partial charge in [-0.3, -0.25) is 4.74 Å². The van der Waals surface area contributed by atoms with Crippen LogP contribution >= 0.6 is 69.6 Å². The van der Waals surface area contributed by atoms with Crippen molar-refractivity contribution < 1.29 is 22.3 Å². The summed E-state index contributed by atoms with van der Waals surface area (Å²) in [7, 11) is 0. The third kappa shape index (κ3) is 4.30. The van der Waals surface area contributed by atoms with Crippen LogP contribution in [-0.4, -0.2) is 19.8 Å². The number of alkyl halides is 10. The second-order valence-electron chi connectivity index (χ2n) is 2.13. The Hall–Kier alpha value is 1.42. The molecule has 0 bridgehead atoms. The van der Waals surface area contributed by atoms with E-state index in [1.165, 1.54) is 0 Å². The summed E-state index contributed by atoms with van der Waals surface area (Å²) in [6.45, 7) is 0. The van der Waals surface area contributed by atoms with E-state index in [4.69, 9.17) is 58.0 Å². The highest BCUT2D eigenvalue weighted by Gasteiger charge is 2.64. The molecule has 0 saturated carbocycles. The van der Waals surface area contributed by atoms with Crippen LogP contribution < -0.4 is 0 Å². The normalized spacial score (nSPS) is 15.6. The first-order valence-corrected chi connectivity index (χ1v) is 5.07. The molecule has 0 fully saturated rings. The lowest BCUT2D eigenvalue weighted by atomic mass is 10.6. The lowest BCUT2D eigenvalue weighted by Gasteiger charge is -2.32. The molecular formula is C4Cl6F4O. The van der Waals surface area contributed by atoms with Crippen LogP contribution in [0.4, 0.5) is 17.6 Å². The highest BCUT2D eigenvalue weighted by atomic mass is 35.6. The molecule has 0 atom stereocenters. The van der Waals surface area contributed by atoms with Crippen LogP contribution in [0, 0.1) is 0 Å². The predicted octanol–water partition coefficient (Wildman–Crippen LogP) is 4.93. The summed E-state index contributed by atoms with van der Waals surface area (Å²) in [5.74, 6) is 0. The maximum atomic E-state index is 12.5. The third-order valence-electron chi connectivity index (χ3n) is 0.916. The van der Waals surface area contributed by atoms with Crippen molar-refractivity contribution in [3.63, 3.8) is 0 Å². The Balaban J connectivity index is 4.89. The average Bonchev–Trinajstić information content (AvgIpc) is 1.77. The second kappa shape index (κ2) is 4.59. The SMILES string of the molecule is FC(F)(Cl)C(F)(F)OC(Cl)(Cl)C(Cl)(Cl)Cl. The molecule has 0 spiro atoms. The molecule has 0 aromatic carbocycles. The van der Waals surface area contributed by atoms with Crippen molar-refractivity contribution in [2.75, 3.05) is 0 Å². The van der Waals surface area contributed by atoms with Gasteiger partial charge in [0.15, 0.2) is 0 Å². The van der Waals surface area contributed by atoms with Crippen molar-refractivity contribution >= 4 is 69.6 Å². The van der Waals surface area contributed by atoms with Gasteiger partial charge in [0.1, 0.15) is 0 Å². The summed E-state index contributed by atoms with van der Waals surface area (Å²) in [6.07, 6.45) is -5.21. The Morgan fingerprint density at radius 2 is 1.07 bits per heavy atom. The van der Waals surface area contributed by atoms with Gasteiger partial charge < -0.3 is 0 Å². The van der Waals surface area contributed by atoms with E-state index in [9.17, 15) is 17.6 Å². The van der Waals surface area contributed by atoms with Gasteiger partial charge in [-0.2, -0.15) is 17.6 Å². The minimum atomic E-state index is -5.21. The van der Waals surface area contributed by atoms with E-state index in [1.807, 2.05) is 0 Å². The van der Waals surface area contributed by atoms with E-state index in [2.05, 4.69) is 16.3 Å². The van der Waals surface area contributed by atoms with Gasteiger partial charge in [0.25, 0.3) is 4.52 Å². The third-order valence-corrected chi connectivity index (χ3v) is 3.24. The maximum absolute atomic E-state index is 12.5. The Morgan fingerprint density at radius 1 is 0.733 bits per heavy atom. The van der Waals surface area contributed by atoms with Crippen molar-refractivity contribution in [2.24, 2.45) is 0 Å². The fourth-order valence-corrected chi connectivity index (χ4v) is 0.625. The molecule has 0 heterocycles. The molecule has 0 aliphatic heterocycles. The van der Waals surface area contributed by atoms with E-state index in [-0.39, 0.29) is 0 Å². The van der Waals surface area contributed by atoms with Gasteiger partial charge >= 0.3 is 11.5 Å². The van der Waals surface area contributed by atoms with Crippen LogP contribution in [0.1, 0.15) is 0 Å². The summed E-state index contributed by atoms with van der Waals surface area (Å²) in [5, 5.41) is -5.06. The fraction of sp³-hybridized carbons (Fsp3) is 1.00.